The summed E-state index contributed by atoms with van der Waals surface area (Å²) in [4.78, 5) is 60.4. The quantitative estimate of drug-likeness (QED) is 0.0923. The van der Waals surface area contributed by atoms with Crippen LogP contribution in [-0.2, 0) is 22.6 Å². The minimum Gasteiger partial charge on any atom is -0.368 e. The van der Waals surface area contributed by atoms with E-state index in [-0.39, 0.29) is 25.2 Å². The van der Waals surface area contributed by atoms with Gasteiger partial charge in [0.05, 0.1) is 24.9 Å². The van der Waals surface area contributed by atoms with Gasteiger partial charge < -0.3 is 18.9 Å². The lowest BCUT2D eigenvalue weighted by Gasteiger charge is -2.35. The number of carbonyl (C=O) groups excluding carboxylic acids is 3. The number of aromatic nitrogens is 3. The molecule has 6 rings (SSSR count). The predicted octanol–water partition coefficient (Wildman–Crippen LogP) is 4.72. The van der Waals surface area contributed by atoms with Gasteiger partial charge in [0.2, 0.25) is 5.78 Å². The molecule has 1 amide bonds. The Balaban J connectivity index is 1.16. The van der Waals surface area contributed by atoms with Crippen molar-refractivity contribution >= 4 is 23.2 Å². The van der Waals surface area contributed by atoms with Crippen LogP contribution in [0.5, 0.6) is 0 Å². The third-order valence-corrected chi connectivity index (χ3v) is 8.32. The molecule has 0 radical (unpaired) electrons. The number of hydrogen-bond donors (Lipinski definition) is 0. The Kier molecular flexibility index (Phi) is 9.51. The minimum atomic E-state index is -1.17. The zero-order valence-electron chi connectivity index (χ0n) is 26.0. The van der Waals surface area contributed by atoms with Gasteiger partial charge in [0.25, 0.3) is 11.5 Å². The van der Waals surface area contributed by atoms with Crippen molar-refractivity contribution in [1.82, 2.24) is 19.0 Å². The van der Waals surface area contributed by atoms with E-state index < -0.39 is 70.3 Å². The molecule has 0 aliphatic carbocycles. The van der Waals surface area contributed by atoms with Gasteiger partial charge in [0.15, 0.2) is 5.78 Å². The summed E-state index contributed by atoms with van der Waals surface area (Å²) < 4.78 is 59.3. The highest BCUT2D eigenvalue weighted by Crippen LogP contribution is 2.21. The molecule has 0 bridgehead atoms. The molecule has 49 heavy (non-hydrogen) atoms. The SMILES string of the molecule is O=C(CC(=O)c1cc(Cc2c(F)cc(F)cc2F)cn(Cc2cccc(F)c2)c1=O)C(=O)N1CCN(c2ccc(-n3ccnc3)cc2)CC1. The average Bonchev–Trinajstić information content (AvgIpc) is 3.63. The van der Waals surface area contributed by atoms with Crippen LogP contribution in [0.3, 0.4) is 0 Å². The molecule has 5 aromatic rings. The highest BCUT2D eigenvalue weighted by molar-refractivity contribution is 6.40. The highest BCUT2D eigenvalue weighted by atomic mass is 19.1. The second-order valence-corrected chi connectivity index (χ2v) is 11.6. The van der Waals surface area contributed by atoms with Crippen molar-refractivity contribution < 1.29 is 31.9 Å². The van der Waals surface area contributed by atoms with Gasteiger partial charge in [0.1, 0.15) is 23.3 Å². The van der Waals surface area contributed by atoms with Gasteiger partial charge in [-0.25, -0.2) is 22.5 Å². The molecule has 9 nitrogen and oxygen atoms in total. The number of Topliss-reactive ketones (excluding diaryl/α,β-unsaturated/α-hetero) is 2. The molecule has 1 saturated heterocycles. The summed E-state index contributed by atoms with van der Waals surface area (Å²) in [6.45, 7) is 1.14. The average molecular weight is 672 g/mol. The fourth-order valence-electron chi connectivity index (χ4n) is 5.80. The number of imidazole rings is 1. The third kappa shape index (κ3) is 7.51. The maximum Gasteiger partial charge on any atom is 0.290 e. The Labute approximate surface area is 277 Å². The van der Waals surface area contributed by atoms with Crippen LogP contribution >= 0.6 is 0 Å². The number of rotatable bonds is 10. The lowest BCUT2D eigenvalue weighted by molar-refractivity contribution is -0.144. The summed E-state index contributed by atoms with van der Waals surface area (Å²) in [6.07, 6.45) is 5.08. The van der Waals surface area contributed by atoms with Crippen molar-refractivity contribution in [3.8, 4) is 5.69 Å². The molecule has 0 N–H and O–H groups in total. The van der Waals surface area contributed by atoms with Gasteiger partial charge in [-0.2, -0.15) is 0 Å². The molecule has 2 aromatic heterocycles. The number of benzene rings is 3. The standard InChI is InChI=1S/C36H29F4N5O4/c37-25-3-1-2-23(14-25)20-45-21-24(15-29-31(39)17-26(38)18-32(29)40)16-30(35(45)48)33(46)19-34(47)36(49)43-12-10-42(11-13-43)27-4-6-28(7-5-27)44-9-8-41-22-44/h1-9,14,16-18,21-22H,10-13,15,19-20H2. The first-order valence-corrected chi connectivity index (χ1v) is 15.4. The summed E-state index contributed by atoms with van der Waals surface area (Å²) in [7, 11) is 0. The number of ketones is 2. The molecule has 0 atom stereocenters. The van der Waals surface area contributed by atoms with Crippen LogP contribution in [0.1, 0.15) is 33.5 Å². The van der Waals surface area contributed by atoms with Gasteiger partial charge in [-0.05, 0) is 53.6 Å². The van der Waals surface area contributed by atoms with E-state index in [4.69, 9.17) is 0 Å². The fraction of sp³-hybridized carbons (Fsp3) is 0.194. The van der Waals surface area contributed by atoms with Crippen molar-refractivity contribution in [2.45, 2.75) is 19.4 Å². The minimum absolute atomic E-state index is 0.0942. The molecule has 1 aliphatic heterocycles. The van der Waals surface area contributed by atoms with Crippen LogP contribution in [0.25, 0.3) is 5.69 Å². The van der Waals surface area contributed by atoms with Crippen molar-refractivity contribution in [3.05, 3.63) is 148 Å². The number of amides is 1. The number of piperazine rings is 1. The first-order chi connectivity index (χ1) is 23.5. The van der Waals surface area contributed by atoms with Crippen LogP contribution < -0.4 is 10.5 Å². The number of nitrogens with zero attached hydrogens (tertiary/aromatic N) is 5. The summed E-state index contributed by atoms with van der Waals surface area (Å²) >= 11 is 0. The molecule has 0 spiro atoms. The third-order valence-electron chi connectivity index (χ3n) is 8.32. The zero-order chi connectivity index (χ0) is 34.7. The van der Waals surface area contributed by atoms with E-state index in [1.54, 1.807) is 18.6 Å². The molecular weight excluding hydrogens is 642 g/mol. The largest absolute Gasteiger partial charge is 0.368 e. The summed E-state index contributed by atoms with van der Waals surface area (Å²) in [5.74, 6) is -6.86. The first kappa shape index (κ1) is 33.1. The number of carbonyl (C=O) groups is 3. The molecule has 1 aliphatic rings. The lowest BCUT2D eigenvalue weighted by atomic mass is 10.00. The normalized spacial score (nSPS) is 13.1. The van der Waals surface area contributed by atoms with Crippen LogP contribution in [0.2, 0.25) is 0 Å². The monoisotopic (exact) mass is 671 g/mol. The molecule has 13 heteroatoms. The van der Waals surface area contributed by atoms with Crippen molar-refractivity contribution in [2.75, 3.05) is 31.1 Å². The van der Waals surface area contributed by atoms with E-state index in [0.29, 0.717) is 30.8 Å². The van der Waals surface area contributed by atoms with Crippen LogP contribution in [0, 0.1) is 23.3 Å². The molecule has 3 aromatic carbocycles. The van der Waals surface area contributed by atoms with E-state index in [9.17, 15) is 36.7 Å². The maximum absolute atomic E-state index is 14.5. The number of hydrogen-bond acceptors (Lipinski definition) is 6. The molecule has 1 fully saturated rings. The molecule has 0 saturated carbocycles. The van der Waals surface area contributed by atoms with Crippen molar-refractivity contribution in [3.63, 3.8) is 0 Å². The van der Waals surface area contributed by atoms with E-state index in [1.807, 2.05) is 35.0 Å². The van der Waals surface area contributed by atoms with Crippen LogP contribution in [0.15, 0.2) is 96.4 Å². The molecular formula is C36H29F4N5O4. The summed E-state index contributed by atoms with van der Waals surface area (Å²) in [5, 5.41) is 0. The number of anilines is 1. The van der Waals surface area contributed by atoms with Crippen LogP contribution in [0.4, 0.5) is 23.2 Å². The topological polar surface area (TPSA) is 97.5 Å². The van der Waals surface area contributed by atoms with Gasteiger partial charge in [-0.3, -0.25) is 19.2 Å². The Hall–Kier alpha value is -5.85. The second kappa shape index (κ2) is 14.1. The fourth-order valence-corrected chi connectivity index (χ4v) is 5.80. The Morgan fingerprint density at radius 2 is 1.47 bits per heavy atom. The van der Waals surface area contributed by atoms with Crippen molar-refractivity contribution in [1.29, 1.82) is 0 Å². The zero-order valence-corrected chi connectivity index (χ0v) is 26.0. The lowest BCUT2D eigenvalue weighted by Crippen LogP contribution is -2.51. The van der Waals surface area contributed by atoms with E-state index in [2.05, 4.69) is 9.88 Å². The van der Waals surface area contributed by atoms with Crippen molar-refractivity contribution in [2.24, 2.45) is 0 Å². The summed E-state index contributed by atoms with van der Waals surface area (Å²) in [6, 6.07) is 15.3. The van der Waals surface area contributed by atoms with E-state index >= 15 is 0 Å². The van der Waals surface area contributed by atoms with Gasteiger partial charge in [0, 0.05) is 80.3 Å². The van der Waals surface area contributed by atoms with Gasteiger partial charge in [-0.15, -0.1) is 0 Å². The van der Waals surface area contributed by atoms with Gasteiger partial charge >= 0.3 is 0 Å². The number of pyridine rings is 1. The van der Waals surface area contributed by atoms with E-state index in [1.165, 1.54) is 29.3 Å². The van der Waals surface area contributed by atoms with Crippen LogP contribution in [-0.4, -0.2) is 62.7 Å². The second-order valence-electron chi connectivity index (χ2n) is 11.6. The first-order valence-electron chi connectivity index (χ1n) is 15.4. The smallest absolute Gasteiger partial charge is 0.290 e. The predicted molar refractivity (Wildman–Crippen MR) is 172 cm³/mol. The van der Waals surface area contributed by atoms with Gasteiger partial charge in [-0.1, -0.05) is 12.1 Å². The Morgan fingerprint density at radius 3 is 2.12 bits per heavy atom. The Bertz CT molecular complexity index is 2070. The molecule has 0 unspecified atom stereocenters. The maximum atomic E-state index is 14.5. The number of halogens is 4. The summed E-state index contributed by atoms with van der Waals surface area (Å²) in [5.41, 5.74) is 0.495. The molecule has 250 valence electrons. The Morgan fingerprint density at radius 1 is 0.776 bits per heavy atom. The molecule has 3 heterocycles. The highest BCUT2D eigenvalue weighted by Gasteiger charge is 2.29. The van der Waals surface area contributed by atoms with E-state index in [0.717, 1.165) is 22.0 Å².